The molecule has 2 aromatic carbocycles. The Labute approximate surface area is 126 Å². The van der Waals surface area contributed by atoms with Crippen molar-refractivity contribution in [1.29, 1.82) is 0 Å². The molecule has 1 fully saturated rings. The monoisotopic (exact) mass is 279 g/mol. The maximum Gasteiger partial charge on any atom is 0.0895 e. The van der Waals surface area contributed by atoms with E-state index in [1.54, 1.807) is 0 Å². The molecule has 2 aliphatic heterocycles. The number of nitrogens with one attached hydrogen (secondary N) is 1. The molecule has 0 aromatic heterocycles. The molecule has 0 bridgehead atoms. The van der Waals surface area contributed by atoms with Gasteiger partial charge in [-0.15, -0.1) is 0 Å². The smallest absolute Gasteiger partial charge is 0.0895 e. The van der Waals surface area contributed by atoms with Gasteiger partial charge in [-0.3, -0.25) is 0 Å². The van der Waals surface area contributed by atoms with Crippen molar-refractivity contribution in [2.45, 2.75) is 25.4 Å². The number of hydrogen-bond acceptors (Lipinski definition) is 2. The number of ether oxygens (including phenoxy) is 1. The summed E-state index contributed by atoms with van der Waals surface area (Å²) in [6.45, 7) is 4.03. The van der Waals surface area contributed by atoms with Crippen molar-refractivity contribution < 1.29 is 4.74 Å². The Morgan fingerprint density at radius 2 is 1.90 bits per heavy atom. The fourth-order valence-electron chi connectivity index (χ4n) is 3.94. The highest BCUT2D eigenvalue weighted by Gasteiger charge is 2.39. The zero-order chi connectivity index (χ0) is 14.2. The Hall–Kier alpha value is -1.80. The van der Waals surface area contributed by atoms with E-state index in [-0.39, 0.29) is 6.10 Å². The van der Waals surface area contributed by atoms with E-state index in [1.807, 2.05) is 0 Å². The third kappa shape index (κ3) is 2.14. The van der Waals surface area contributed by atoms with Crippen LogP contribution in [0.4, 0.5) is 5.69 Å². The summed E-state index contributed by atoms with van der Waals surface area (Å²) in [7, 11) is 0. The maximum absolute atomic E-state index is 6.18. The van der Waals surface area contributed by atoms with Crippen LogP contribution < -0.4 is 5.32 Å². The van der Waals surface area contributed by atoms with Gasteiger partial charge in [0.25, 0.3) is 0 Å². The quantitative estimate of drug-likeness (QED) is 0.841. The van der Waals surface area contributed by atoms with Gasteiger partial charge >= 0.3 is 0 Å². The third-order valence-corrected chi connectivity index (χ3v) is 4.99. The lowest BCUT2D eigenvalue weighted by Gasteiger charge is -2.43. The summed E-state index contributed by atoms with van der Waals surface area (Å²) in [5, 5.41) is 3.65. The third-order valence-electron chi connectivity index (χ3n) is 4.99. The molecule has 2 aromatic rings. The van der Waals surface area contributed by atoms with E-state index in [1.165, 1.54) is 22.4 Å². The van der Waals surface area contributed by atoms with Crippen molar-refractivity contribution in [3.63, 3.8) is 0 Å². The lowest BCUT2D eigenvalue weighted by molar-refractivity contribution is -0.0381. The number of fused-ring (bicyclic) bond motifs is 3. The van der Waals surface area contributed by atoms with Gasteiger partial charge in [0.05, 0.1) is 6.10 Å². The van der Waals surface area contributed by atoms with Gasteiger partial charge in [0.15, 0.2) is 0 Å². The van der Waals surface area contributed by atoms with E-state index in [4.69, 9.17) is 4.74 Å². The lowest BCUT2D eigenvalue weighted by Crippen LogP contribution is -2.38. The van der Waals surface area contributed by atoms with Gasteiger partial charge in [-0.25, -0.2) is 0 Å². The minimum absolute atomic E-state index is 0.236. The second kappa shape index (κ2) is 5.19. The van der Waals surface area contributed by atoms with Crippen LogP contribution in [0.3, 0.4) is 0 Å². The fraction of sp³-hybridized carbons (Fsp3) is 0.368. The summed E-state index contributed by atoms with van der Waals surface area (Å²) in [5.41, 5.74) is 5.39. The maximum atomic E-state index is 6.18. The first-order chi connectivity index (χ1) is 10.3. The number of benzene rings is 2. The molecule has 108 valence electrons. The molecule has 2 heteroatoms. The Morgan fingerprint density at radius 1 is 1.05 bits per heavy atom. The van der Waals surface area contributed by atoms with Gasteiger partial charge in [-0.05, 0) is 30.4 Å². The zero-order valence-corrected chi connectivity index (χ0v) is 12.4. The summed E-state index contributed by atoms with van der Waals surface area (Å²) in [6.07, 6.45) is 1.36. The number of rotatable bonds is 1. The second-order valence-electron chi connectivity index (χ2n) is 6.18. The van der Waals surface area contributed by atoms with Crippen molar-refractivity contribution in [1.82, 2.24) is 0 Å². The molecule has 1 N–H and O–H groups in total. The average molecular weight is 279 g/mol. The molecule has 0 aliphatic carbocycles. The standard InChI is InChI=1S/C19H21NO/c1-13-6-5-9-16-18(13)20-12-17-15(10-11-21-19(16)17)14-7-3-2-4-8-14/h2-9,15,17,19-20H,10-12H2,1H3/t15-,17?,19?/m1/s1. The predicted octanol–water partition coefficient (Wildman–Crippen LogP) is 4.28. The van der Waals surface area contributed by atoms with Gasteiger partial charge in [0.1, 0.15) is 0 Å². The molecule has 3 atom stereocenters. The van der Waals surface area contributed by atoms with Crippen LogP contribution in [-0.2, 0) is 4.74 Å². The number of aryl methyl sites for hydroxylation is 1. The summed E-state index contributed by atoms with van der Waals surface area (Å²) in [6, 6.07) is 17.5. The summed E-state index contributed by atoms with van der Waals surface area (Å²) in [4.78, 5) is 0. The SMILES string of the molecule is Cc1cccc2c1NCC1C2OCC[C@@H]1c1ccccc1. The highest BCUT2D eigenvalue weighted by atomic mass is 16.5. The summed E-state index contributed by atoms with van der Waals surface area (Å²) in [5.74, 6) is 1.11. The number of para-hydroxylation sites is 1. The van der Waals surface area contributed by atoms with E-state index >= 15 is 0 Å². The molecule has 4 rings (SSSR count). The molecule has 0 radical (unpaired) electrons. The Bertz CT molecular complexity index is 637. The molecular formula is C19H21NO. The van der Waals surface area contributed by atoms with E-state index in [9.17, 15) is 0 Å². The Balaban J connectivity index is 1.72. The second-order valence-corrected chi connectivity index (χ2v) is 6.18. The van der Waals surface area contributed by atoms with Gasteiger partial charge in [0, 0.05) is 30.3 Å². The van der Waals surface area contributed by atoms with Crippen molar-refractivity contribution in [2.24, 2.45) is 5.92 Å². The lowest BCUT2D eigenvalue weighted by atomic mass is 9.74. The van der Waals surface area contributed by atoms with E-state index in [2.05, 4.69) is 60.8 Å². The minimum Gasteiger partial charge on any atom is -0.384 e. The minimum atomic E-state index is 0.236. The van der Waals surface area contributed by atoms with Crippen LogP contribution in [0.1, 0.15) is 35.1 Å². The largest absolute Gasteiger partial charge is 0.384 e. The van der Waals surface area contributed by atoms with Crippen LogP contribution in [0.5, 0.6) is 0 Å². The van der Waals surface area contributed by atoms with Crippen LogP contribution in [0.25, 0.3) is 0 Å². The molecule has 0 spiro atoms. The number of hydrogen-bond donors (Lipinski definition) is 1. The molecule has 1 saturated heterocycles. The Kier molecular flexibility index (Phi) is 3.19. The predicted molar refractivity (Wildman–Crippen MR) is 85.7 cm³/mol. The van der Waals surface area contributed by atoms with E-state index in [0.717, 1.165) is 19.6 Å². The van der Waals surface area contributed by atoms with E-state index in [0.29, 0.717) is 11.8 Å². The van der Waals surface area contributed by atoms with Gasteiger partial charge in [0.2, 0.25) is 0 Å². The summed E-state index contributed by atoms with van der Waals surface area (Å²) < 4.78 is 6.18. The zero-order valence-electron chi connectivity index (χ0n) is 12.4. The van der Waals surface area contributed by atoms with Crippen LogP contribution >= 0.6 is 0 Å². The first kappa shape index (κ1) is 12.9. The molecule has 2 unspecified atom stereocenters. The molecule has 2 nitrogen and oxygen atoms in total. The highest BCUT2D eigenvalue weighted by molar-refractivity contribution is 5.60. The Morgan fingerprint density at radius 3 is 2.76 bits per heavy atom. The molecule has 2 heterocycles. The molecular weight excluding hydrogens is 258 g/mol. The van der Waals surface area contributed by atoms with Crippen molar-refractivity contribution in [3.05, 3.63) is 65.2 Å². The van der Waals surface area contributed by atoms with Gasteiger partial charge in [-0.1, -0.05) is 48.5 Å². The van der Waals surface area contributed by atoms with Crippen LogP contribution in [0, 0.1) is 12.8 Å². The van der Waals surface area contributed by atoms with Gasteiger partial charge < -0.3 is 10.1 Å². The van der Waals surface area contributed by atoms with E-state index < -0.39 is 0 Å². The fourth-order valence-corrected chi connectivity index (χ4v) is 3.94. The van der Waals surface area contributed by atoms with Crippen molar-refractivity contribution in [2.75, 3.05) is 18.5 Å². The van der Waals surface area contributed by atoms with Crippen LogP contribution in [-0.4, -0.2) is 13.2 Å². The molecule has 2 aliphatic rings. The average Bonchev–Trinajstić information content (AvgIpc) is 2.55. The first-order valence-corrected chi connectivity index (χ1v) is 7.84. The molecule has 21 heavy (non-hydrogen) atoms. The van der Waals surface area contributed by atoms with Crippen LogP contribution in [0.15, 0.2) is 48.5 Å². The van der Waals surface area contributed by atoms with Crippen molar-refractivity contribution in [3.8, 4) is 0 Å². The molecule has 0 saturated carbocycles. The highest BCUT2D eigenvalue weighted by Crippen LogP contribution is 2.47. The number of anilines is 1. The normalized spacial score (nSPS) is 27.4. The van der Waals surface area contributed by atoms with Gasteiger partial charge in [-0.2, -0.15) is 0 Å². The molecule has 0 amide bonds. The summed E-state index contributed by atoms with van der Waals surface area (Å²) >= 11 is 0. The first-order valence-electron chi connectivity index (χ1n) is 7.84. The van der Waals surface area contributed by atoms with Crippen molar-refractivity contribution >= 4 is 5.69 Å². The topological polar surface area (TPSA) is 21.3 Å². The van der Waals surface area contributed by atoms with Crippen LogP contribution in [0.2, 0.25) is 0 Å².